The van der Waals surface area contributed by atoms with E-state index < -0.39 is 24.1 Å². The molecule has 0 fully saturated rings. The zero-order valence-electron chi connectivity index (χ0n) is 10.8. The van der Waals surface area contributed by atoms with Crippen LogP contribution in [0.2, 0.25) is 0 Å². The van der Waals surface area contributed by atoms with Crippen LogP contribution in [0.5, 0.6) is 0 Å². The number of aliphatic hydroxyl groups is 1. The van der Waals surface area contributed by atoms with Gasteiger partial charge in [0.15, 0.2) is 0 Å². The van der Waals surface area contributed by atoms with Crippen LogP contribution < -0.4 is 5.32 Å². The molecular weight excluding hydrogens is 250 g/mol. The number of ether oxygens (including phenoxy) is 1. The first kappa shape index (κ1) is 15.1. The van der Waals surface area contributed by atoms with E-state index in [0.717, 1.165) is 5.56 Å². The molecule has 0 aliphatic heterocycles. The molecule has 0 spiro atoms. The summed E-state index contributed by atoms with van der Waals surface area (Å²) in [4.78, 5) is 22.1. The number of nitrogens with one attached hydrogen (secondary N) is 1. The first-order valence-electron chi connectivity index (χ1n) is 5.77. The van der Waals surface area contributed by atoms with Crippen LogP contribution in [0.15, 0.2) is 24.3 Å². The molecular formula is C13H17NO5. The first-order chi connectivity index (χ1) is 8.95. The van der Waals surface area contributed by atoms with Crippen LogP contribution in [0.4, 0.5) is 0 Å². The SMILES string of the molecule is COC(=O)c1ccc(CNC(C(=O)O)C(C)O)cc1. The molecule has 2 atom stereocenters. The van der Waals surface area contributed by atoms with Crippen LogP contribution in [0, 0.1) is 0 Å². The largest absolute Gasteiger partial charge is 0.480 e. The van der Waals surface area contributed by atoms with Crippen LogP contribution in [0.3, 0.4) is 0 Å². The van der Waals surface area contributed by atoms with Gasteiger partial charge in [-0.25, -0.2) is 4.79 Å². The molecule has 1 aromatic rings. The van der Waals surface area contributed by atoms with Gasteiger partial charge < -0.3 is 14.9 Å². The van der Waals surface area contributed by atoms with Crippen molar-refractivity contribution >= 4 is 11.9 Å². The number of esters is 1. The van der Waals surface area contributed by atoms with E-state index in [9.17, 15) is 14.7 Å². The summed E-state index contributed by atoms with van der Waals surface area (Å²) in [5.41, 5.74) is 1.23. The summed E-state index contributed by atoms with van der Waals surface area (Å²) < 4.78 is 4.57. The van der Waals surface area contributed by atoms with Crippen LogP contribution in [0.1, 0.15) is 22.8 Å². The third-order valence-corrected chi connectivity index (χ3v) is 2.65. The molecule has 19 heavy (non-hydrogen) atoms. The summed E-state index contributed by atoms with van der Waals surface area (Å²) in [5.74, 6) is -1.53. The van der Waals surface area contributed by atoms with Crippen molar-refractivity contribution in [1.82, 2.24) is 5.32 Å². The summed E-state index contributed by atoms with van der Waals surface area (Å²) in [6.45, 7) is 1.69. The minimum Gasteiger partial charge on any atom is -0.480 e. The third-order valence-electron chi connectivity index (χ3n) is 2.65. The molecule has 0 saturated carbocycles. The summed E-state index contributed by atoms with van der Waals surface area (Å²) in [6.07, 6.45) is -0.994. The number of rotatable bonds is 6. The molecule has 1 rings (SSSR count). The van der Waals surface area contributed by atoms with E-state index in [2.05, 4.69) is 10.1 Å². The monoisotopic (exact) mass is 267 g/mol. The summed E-state index contributed by atoms with van der Waals surface area (Å²) in [5, 5.41) is 20.9. The van der Waals surface area contributed by atoms with Gasteiger partial charge in [0.2, 0.25) is 0 Å². The predicted octanol–water partition coefficient (Wildman–Crippen LogP) is 0.397. The van der Waals surface area contributed by atoms with Crippen molar-refractivity contribution in [3.63, 3.8) is 0 Å². The van der Waals surface area contributed by atoms with Crippen molar-refractivity contribution in [1.29, 1.82) is 0 Å². The Balaban J connectivity index is 2.63. The van der Waals surface area contributed by atoms with E-state index in [1.807, 2.05) is 0 Å². The fourth-order valence-corrected chi connectivity index (χ4v) is 1.57. The van der Waals surface area contributed by atoms with Crippen molar-refractivity contribution in [2.24, 2.45) is 0 Å². The van der Waals surface area contributed by atoms with Gasteiger partial charge in [-0.3, -0.25) is 10.1 Å². The highest BCUT2D eigenvalue weighted by atomic mass is 16.5. The van der Waals surface area contributed by atoms with Crippen LogP contribution in [-0.2, 0) is 16.1 Å². The zero-order chi connectivity index (χ0) is 14.4. The standard InChI is InChI=1S/C13H17NO5/c1-8(15)11(12(16)17)14-7-9-3-5-10(6-4-9)13(18)19-2/h3-6,8,11,14-15H,7H2,1-2H3,(H,16,17). The lowest BCUT2D eigenvalue weighted by molar-refractivity contribution is -0.142. The van der Waals surface area contributed by atoms with Gasteiger partial charge in [0.25, 0.3) is 0 Å². The molecule has 0 aromatic heterocycles. The first-order valence-corrected chi connectivity index (χ1v) is 5.77. The maximum atomic E-state index is 11.2. The molecule has 1 aromatic carbocycles. The summed E-state index contributed by atoms with van der Waals surface area (Å²) in [7, 11) is 1.30. The molecule has 0 aliphatic carbocycles. The van der Waals surface area contributed by atoms with Crippen molar-refractivity contribution < 1.29 is 24.5 Å². The van der Waals surface area contributed by atoms with Crippen LogP contribution in [-0.4, -0.2) is 41.4 Å². The van der Waals surface area contributed by atoms with Gasteiger partial charge in [0.1, 0.15) is 6.04 Å². The number of carbonyl (C=O) groups excluding carboxylic acids is 1. The Kier molecular flexibility index (Phi) is 5.47. The van der Waals surface area contributed by atoms with Gasteiger partial charge in [-0.1, -0.05) is 12.1 Å². The topological polar surface area (TPSA) is 95.9 Å². The third kappa shape index (κ3) is 4.35. The molecule has 0 amide bonds. The Morgan fingerprint density at radius 1 is 1.32 bits per heavy atom. The van der Waals surface area contributed by atoms with E-state index in [0.29, 0.717) is 5.56 Å². The van der Waals surface area contributed by atoms with Crippen molar-refractivity contribution in [3.05, 3.63) is 35.4 Å². The molecule has 6 nitrogen and oxygen atoms in total. The predicted molar refractivity (Wildman–Crippen MR) is 67.7 cm³/mol. The minimum atomic E-state index is -1.11. The molecule has 0 heterocycles. The van der Waals surface area contributed by atoms with E-state index in [4.69, 9.17) is 5.11 Å². The lowest BCUT2D eigenvalue weighted by atomic mass is 10.1. The Morgan fingerprint density at radius 3 is 2.32 bits per heavy atom. The van der Waals surface area contributed by atoms with Gasteiger partial charge in [-0.15, -0.1) is 0 Å². The quantitative estimate of drug-likeness (QED) is 0.646. The second kappa shape index (κ2) is 6.86. The maximum absolute atomic E-state index is 11.2. The van der Waals surface area contributed by atoms with E-state index in [1.54, 1.807) is 24.3 Å². The number of carbonyl (C=O) groups is 2. The lowest BCUT2D eigenvalue weighted by Gasteiger charge is -2.17. The van der Waals surface area contributed by atoms with Gasteiger partial charge in [-0.2, -0.15) is 0 Å². The Morgan fingerprint density at radius 2 is 1.89 bits per heavy atom. The molecule has 0 saturated heterocycles. The van der Waals surface area contributed by atoms with Gasteiger partial charge >= 0.3 is 11.9 Å². The summed E-state index contributed by atoms with van der Waals surface area (Å²) >= 11 is 0. The van der Waals surface area contributed by atoms with E-state index in [1.165, 1.54) is 14.0 Å². The average molecular weight is 267 g/mol. The number of methoxy groups -OCH3 is 1. The van der Waals surface area contributed by atoms with Gasteiger partial charge in [0, 0.05) is 6.54 Å². The Bertz CT molecular complexity index is 441. The number of carboxylic acids is 1. The van der Waals surface area contributed by atoms with Crippen molar-refractivity contribution in [2.75, 3.05) is 7.11 Å². The second-order valence-electron chi connectivity index (χ2n) is 4.13. The molecule has 3 N–H and O–H groups in total. The van der Waals surface area contributed by atoms with Crippen LogP contribution >= 0.6 is 0 Å². The van der Waals surface area contributed by atoms with Crippen molar-refractivity contribution in [3.8, 4) is 0 Å². The number of hydrogen-bond acceptors (Lipinski definition) is 5. The zero-order valence-corrected chi connectivity index (χ0v) is 10.8. The highest BCUT2D eigenvalue weighted by Crippen LogP contribution is 2.06. The smallest absolute Gasteiger partial charge is 0.337 e. The van der Waals surface area contributed by atoms with Crippen molar-refractivity contribution in [2.45, 2.75) is 25.6 Å². The molecule has 2 unspecified atom stereocenters. The highest BCUT2D eigenvalue weighted by molar-refractivity contribution is 5.89. The molecule has 6 heteroatoms. The number of carboxylic acid groups (broad SMARTS) is 1. The average Bonchev–Trinajstić information content (AvgIpc) is 2.38. The molecule has 0 aliphatic rings. The maximum Gasteiger partial charge on any atom is 0.337 e. The number of hydrogen-bond donors (Lipinski definition) is 3. The molecule has 0 bridgehead atoms. The molecule has 0 radical (unpaired) electrons. The number of aliphatic hydroxyl groups excluding tert-OH is 1. The van der Waals surface area contributed by atoms with E-state index >= 15 is 0 Å². The Hall–Kier alpha value is -1.92. The highest BCUT2D eigenvalue weighted by Gasteiger charge is 2.21. The second-order valence-corrected chi connectivity index (χ2v) is 4.13. The lowest BCUT2D eigenvalue weighted by Crippen LogP contribution is -2.44. The van der Waals surface area contributed by atoms with E-state index in [-0.39, 0.29) is 6.54 Å². The number of aliphatic carboxylic acids is 1. The fourth-order valence-electron chi connectivity index (χ4n) is 1.57. The number of benzene rings is 1. The normalized spacial score (nSPS) is 13.6. The van der Waals surface area contributed by atoms with Gasteiger partial charge in [0.05, 0.1) is 18.8 Å². The molecule has 104 valence electrons. The van der Waals surface area contributed by atoms with Gasteiger partial charge in [-0.05, 0) is 24.6 Å². The summed E-state index contributed by atoms with van der Waals surface area (Å²) in [6, 6.07) is 5.56. The Labute approximate surface area is 111 Å². The fraction of sp³-hybridized carbons (Fsp3) is 0.385. The minimum absolute atomic E-state index is 0.281. The van der Waals surface area contributed by atoms with Crippen LogP contribution in [0.25, 0.3) is 0 Å².